The van der Waals surface area contributed by atoms with E-state index >= 15 is 0 Å². The molecule has 2 amide bonds. The van der Waals surface area contributed by atoms with Crippen LogP contribution in [-0.2, 0) is 9.53 Å². The second-order valence-corrected chi connectivity index (χ2v) is 6.46. The second-order valence-electron chi connectivity index (χ2n) is 6.08. The van der Waals surface area contributed by atoms with Crippen LogP contribution < -0.4 is 10.5 Å². The lowest BCUT2D eigenvalue weighted by Crippen LogP contribution is -2.54. The summed E-state index contributed by atoms with van der Waals surface area (Å²) in [7, 11) is 0. The van der Waals surface area contributed by atoms with Gasteiger partial charge in [0.25, 0.3) is 0 Å². The average Bonchev–Trinajstić information content (AvgIpc) is 2.64. The fourth-order valence-electron chi connectivity index (χ4n) is 2.05. The molecule has 142 valence electrons. The minimum Gasteiger partial charge on any atom is -0.491 e. The molecule has 0 aromatic heterocycles. The molecule has 0 aliphatic carbocycles. The van der Waals surface area contributed by atoms with E-state index in [0.29, 0.717) is 11.3 Å². The fraction of sp³-hybridized carbons (Fsp3) is 0.500. The summed E-state index contributed by atoms with van der Waals surface area (Å²) < 4.78 is 10.6. The Kier molecular flexibility index (Phi) is 8.90. The highest BCUT2D eigenvalue weighted by Gasteiger charge is 2.33. The lowest BCUT2D eigenvalue weighted by molar-refractivity contribution is -0.134. The maximum atomic E-state index is 12.6. The minimum atomic E-state index is -0.837. The third-order valence-corrected chi connectivity index (χ3v) is 3.81. The summed E-state index contributed by atoms with van der Waals surface area (Å²) >= 11 is 5.54. The number of nitriles is 1. The number of amides is 2. The first kappa shape index (κ1) is 21.7. The SMILES string of the molecule is CC(C)[C@H](N)C(=O)N(C(=O)OCCCl)C(C)COc1ccc(C#N)cc1. The highest BCUT2D eigenvalue weighted by atomic mass is 35.5. The summed E-state index contributed by atoms with van der Waals surface area (Å²) in [6, 6.07) is 7.09. The molecular formula is C18H24ClN3O4. The topological polar surface area (TPSA) is 106 Å². The van der Waals surface area contributed by atoms with E-state index in [4.69, 9.17) is 32.1 Å². The van der Waals surface area contributed by atoms with Crippen LogP contribution in [0.3, 0.4) is 0 Å². The number of hydrogen-bond donors (Lipinski definition) is 1. The molecule has 2 N–H and O–H groups in total. The molecule has 0 heterocycles. The number of ether oxygens (including phenoxy) is 2. The van der Waals surface area contributed by atoms with E-state index < -0.39 is 24.1 Å². The van der Waals surface area contributed by atoms with Crippen LogP contribution in [0, 0.1) is 17.2 Å². The summed E-state index contributed by atoms with van der Waals surface area (Å²) in [5, 5.41) is 8.80. The van der Waals surface area contributed by atoms with Gasteiger partial charge in [-0.05, 0) is 37.1 Å². The Labute approximate surface area is 158 Å². The van der Waals surface area contributed by atoms with E-state index in [0.717, 1.165) is 4.90 Å². The van der Waals surface area contributed by atoms with Gasteiger partial charge >= 0.3 is 6.09 Å². The van der Waals surface area contributed by atoms with Crippen LogP contribution >= 0.6 is 11.6 Å². The Balaban J connectivity index is 2.84. The Morgan fingerprint density at radius 1 is 1.27 bits per heavy atom. The van der Waals surface area contributed by atoms with E-state index in [1.165, 1.54) is 0 Å². The van der Waals surface area contributed by atoms with Crippen molar-refractivity contribution in [3.63, 3.8) is 0 Å². The van der Waals surface area contributed by atoms with Gasteiger partial charge in [0.05, 0.1) is 29.6 Å². The van der Waals surface area contributed by atoms with Gasteiger partial charge in [0, 0.05) is 0 Å². The fourth-order valence-corrected chi connectivity index (χ4v) is 2.12. The molecule has 1 aromatic carbocycles. The Morgan fingerprint density at radius 3 is 2.38 bits per heavy atom. The molecule has 7 nitrogen and oxygen atoms in total. The van der Waals surface area contributed by atoms with Crippen LogP contribution in [0.4, 0.5) is 4.79 Å². The number of benzene rings is 1. The largest absolute Gasteiger partial charge is 0.491 e. The minimum absolute atomic E-state index is 0.00964. The van der Waals surface area contributed by atoms with E-state index in [9.17, 15) is 9.59 Å². The van der Waals surface area contributed by atoms with Crippen molar-refractivity contribution in [3.8, 4) is 11.8 Å². The monoisotopic (exact) mass is 381 g/mol. The zero-order chi connectivity index (χ0) is 19.7. The lowest BCUT2D eigenvalue weighted by Gasteiger charge is -2.29. The van der Waals surface area contributed by atoms with Crippen LogP contribution in [0.25, 0.3) is 0 Å². The van der Waals surface area contributed by atoms with Crippen molar-refractivity contribution in [1.29, 1.82) is 5.26 Å². The van der Waals surface area contributed by atoms with Crippen LogP contribution in [0.5, 0.6) is 5.75 Å². The maximum Gasteiger partial charge on any atom is 0.416 e. The predicted octanol–water partition coefficient (Wildman–Crippen LogP) is 2.51. The summed E-state index contributed by atoms with van der Waals surface area (Å²) in [6.07, 6.45) is -0.803. The Bertz CT molecular complexity index is 643. The van der Waals surface area contributed by atoms with Gasteiger partial charge in [-0.25, -0.2) is 9.69 Å². The van der Waals surface area contributed by atoms with E-state index in [2.05, 4.69) is 0 Å². The molecule has 26 heavy (non-hydrogen) atoms. The van der Waals surface area contributed by atoms with Gasteiger partial charge in [-0.1, -0.05) is 13.8 Å². The number of carbonyl (C=O) groups excluding carboxylic acids is 2. The van der Waals surface area contributed by atoms with Crippen molar-refractivity contribution >= 4 is 23.6 Å². The predicted molar refractivity (Wildman–Crippen MR) is 97.8 cm³/mol. The number of carbonyl (C=O) groups is 2. The van der Waals surface area contributed by atoms with Gasteiger partial charge in [0.2, 0.25) is 5.91 Å². The molecular weight excluding hydrogens is 358 g/mol. The highest BCUT2D eigenvalue weighted by Crippen LogP contribution is 2.15. The van der Waals surface area contributed by atoms with Gasteiger partial charge in [-0.2, -0.15) is 5.26 Å². The molecule has 1 unspecified atom stereocenters. The van der Waals surface area contributed by atoms with Crippen LogP contribution in [-0.4, -0.2) is 48.1 Å². The third kappa shape index (κ3) is 6.21. The molecule has 0 saturated carbocycles. The van der Waals surface area contributed by atoms with E-state index in [1.807, 2.05) is 6.07 Å². The van der Waals surface area contributed by atoms with Crippen LogP contribution in [0.2, 0.25) is 0 Å². The molecule has 0 spiro atoms. The highest BCUT2D eigenvalue weighted by molar-refractivity contribution is 6.18. The first-order valence-electron chi connectivity index (χ1n) is 8.26. The smallest absolute Gasteiger partial charge is 0.416 e. The first-order valence-corrected chi connectivity index (χ1v) is 8.79. The molecule has 1 aromatic rings. The second kappa shape index (κ2) is 10.6. The van der Waals surface area contributed by atoms with Crippen molar-refractivity contribution in [2.45, 2.75) is 32.9 Å². The zero-order valence-electron chi connectivity index (χ0n) is 15.1. The van der Waals surface area contributed by atoms with Crippen molar-refractivity contribution in [1.82, 2.24) is 4.90 Å². The number of imide groups is 1. The Morgan fingerprint density at radius 2 is 1.88 bits per heavy atom. The normalized spacial score (nSPS) is 12.8. The molecule has 0 aliphatic rings. The van der Waals surface area contributed by atoms with Crippen LogP contribution in [0.15, 0.2) is 24.3 Å². The summed E-state index contributed by atoms with van der Waals surface area (Å²) in [5.41, 5.74) is 6.42. The molecule has 0 fully saturated rings. The standard InChI is InChI=1S/C18H24ClN3O4/c1-12(2)16(21)17(23)22(18(24)25-9-8-19)13(3)11-26-15-6-4-14(10-20)5-7-15/h4-7,12-13,16H,8-9,11,21H2,1-3H3/t13?,16-/m0/s1. The number of halogens is 1. The van der Waals surface area contributed by atoms with Gasteiger partial charge in [0.15, 0.2) is 0 Å². The Hall–Kier alpha value is -2.30. The number of nitrogens with zero attached hydrogens (tertiary/aromatic N) is 2. The maximum absolute atomic E-state index is 12.6. The van der Waals surface area contributed by atoms with E-state index in [-0.39, 0.29) is 25.0 Å². The molecule has 8 heteroatoms. The van der Waals surface area contributed by atoms with Crippen molar-refractivity contribution in [2.75, 3.05) is 19.1 Å². The van der Waals surface area contributed by atoms with Crippen molar-refractivity contribution in [2.24, 2.45) is 11.7 Å². The number of nitrogens with two attached hydrogens (primary N) is 1. The lowest BCUT2D eigenvalue weighted by atomic mass is 10.0. The number of rotatable bonds is 8. The molecule has 1 rings (SSSR count). The number of hydrogen-bond acceptors (Lipinski definition) is 6. The van der Waals surface area contributed by atoms with Gasteiger partial charge in [0.1, 0.15) is 19.0 Å². The molecule has 0 saturated heterocycles. The molecule has 0 radical (unpaired) electrons. The third-order valence-electron chi connectivity index (χ3n) is 3.66. The van der Waals surface area contributed by atoms with Gasteiger partial charge in [-0.15, -0.1) is 11.6 Å². The summed E-state index contributed by atoms with van der Waals surface area (Å²) in [4.78, 5) is 25.9. The quantitative estimate of drug-likeness (QED) is 0.693. The van der Waals surface area contributed by atoms with Crippen molar-refractivity contribution < 1.29 is 19.1 Å². The van der Waals surface area contributed by atoms with Crippen LogP contribution in [0.1, 0.15) is 26.3 Å². The first-order chi connectivity index (χ1) is 12.3. The molecule has 0 bridgehead atoms. The summed E-state index contributed by atoms with van der Waals surface area (Å²) in [5.74, 6) is -0.0290. The molecule has 0 aliphatic heterocycles. The average molecular weight is 382 g/mol. The summed E-state index contributed by atoms with van der Waals surface area (Å²) in [6.45, 7) is 5.30. The molecule has 2 atom stereocenters. The van der Waals surface area contributed by atoms with Crippen molar-refractivity contribution in [3.05, 3.63) is 29.8 Å². The van der Waals surface area contributed by atoms with E-state index in [1.54, 1.807) is 45.0 Å². The van der Waals surface area contributed by atoms with Gasteiger partial charge in [-0.3, -0.25) is 4.79 Å². The number of alkyl halides is 1. The van der Waals surface area contributed by atoms with Gasteiger partial charge < -0.3 is 15.2 Å². The zero-order valence-corrected chi connectivity index (χ0v) is 15.9.